The minimum absolute atomic E-state index is 0.0656. The number of likely N-dealkylation sites (tertiary alicyclic amines) is 1. The second-order valence-electron chi connectivity index (χ2n) is 7.83. The van der Waals surface area contributed by atoms with Gasteiger partial charge in [0.1, 0.15) is 11.4 Å². The lowest BCUT2D eigenvalue weighted by molar-refractivity contribution is -0.126. The van der Waals surface area contributed by atoms with Gasteiger partial charge in [-0.25, -0.2) is 9.18 Å². The van der Waals surface area contributed by atoms with Gasteiger partial charge in [0.15, 0.2) is 0 Å². The number of amides is 3. The Morgan fingerprint density at radius 2 is 1.86 bits per heavy atom. The molecular formula is C22H23ClFN3O2. The molecule has 4 rings (SSSR count). The average Bonchev–Trinajstić information content (AvgIpc) is 2.98. The number of hydrogen-bond acceptors (Lipinski definition) is 3. The van der Waals surface area contributed by atoms with Crippen molar-refractivity contribution in [1.29, 1.82) is 0 Å². The third kappa shape index (κ3) is 4.14. The molecule has 152 valence electrons. The van der Waals surface area contributed by atoms with Gasteiger partial charge in [0.2, 0.25) is 0 Å². The summed E-state index contributed by atoms with van der Waals surface area (Å²) in [7, 11) is 0. The summed E-state index contributed by atoms with van der Waals surface area (Å²) >= 11 is 6.08. The topological polar surface area (TPSA) is 61.4 Å². The number of benzene rings is 2. The molecule has 3 amide bonds. The molecule has 2 heterocycles. The molecule has 0 bridgehead atoms. The number of nitrogens with one attached hydrogen (secondary N) is 2. The number of halogens is 2. The Hall–Kier alpha value is -2.44. The first-order valence-electron chi connectivity index (χ1n) is 9.80. The summed E-state index contributed by atoms with van der Waals surface area (Å²) < 4.78 is 14.3. The lowest BCUT2D eigenvalue weighted by atomic mass is 9.74. The number of hydrogen-bond donors (Lipinski definition) is 2. The number of imide groups is 1. The van der Waals surface area contributed by atoms with Gasteiger partial charge in [-0.05, 0) is 61.2 Å². The predicted octanol–water partition coefficient (Wildman–Crippen LogP) is 3.51. The highest BCUT2D eigenvalue weighted by atomic mass is 35.5. The van der Waals surface area contributed by atoms with Crippen LogP contribution in [0.2, 0.25) is 5.02 Å². The van der Waals surface area contributed by atoms with Crippen molar-refractivity contribution in [3.63, 3.8) is 0 Å². The molecule has 7 heteroatoms. The van der Waals surface area contributed by atoms with Crippen LogP contribution in [0.3, 0.4) is 0 Å². The first-order chi connectivity index (χ1) is 14.0. The molecule has 2 N–H and O–H groups in total. The number of carbonyl (C=O) groups is 2. The molecule has 1 unspecified atom stereocenters. The van der Waals surface area contributed by atoms with E-state index in [0.29, 0.717) is 10.6 Å². The van der Waals surface area contributed by atoms with Gasteiger partial charge < -0.3 is 5.32 Å². The molecule has 0 aliphatic carbocycles. The van der Waals surface area contributed by atoms with Gasteiger partial charge in [-0.3, -0.25) is 15.0 Å². The summed E-state index contributed by atoms with van der Waals surface area (Å²) in [5.74, 6) is -0.789. The molecule has 2 aromatic rings. The maximum Gasteiger partial charge on any atom is 0.322 e. The van der Waals surface area contributed by atoms with Crippen LogP contribution in [0, 0.1) is 11.7 Å². The molecule has 0 radical (unpaired) electrons. The SMILES string of the molecule is O=C1NC(=O)C(Cc2ccccc2F)(C2CCN(Cc3cccc(Cl)c3)CC2)N1. The van der Waals surface area contributed by atoms with E-state index in [1.165, 1.54) is 6.07 Å². The number of urea groups is 1. The first-order valence-corrected chi connectivity index (χ1v) is 10.2. The number of rotatable bonds is 5. The van der Waals surface area contributed by atoms with E-state index in [9.17, 15) is 14.0 Å². The fourth-order valence-electron chi connectivity index (χ4n) is 4.48. The van der Waals surface area contributed by atoms with Crippen molar-refractivity contribution in [1.82, 2.24) is 15.5 Å². The van der Waals surface area contributed by atoms with Gasteiger partial charge in [0.05, 0.1) is 0 Å². The second-order valence-corrected chi connectivity index (χ2v) is 8.26. The van der Waals surface area contributed by atoms with Crippen LogP contribution in [0.25, 0.3) is 0 Å². The van der Waals surface area contributed by atoms with Gasteiger partial charge in [0, 0.05) is 18.0 Å². The van der Waals surface area contributed by atoms with E-state index in [-0.39, 0.29) is 24.1 Å². The Morgan fingerprint density at radius 1 is 1.10 bits per heavy atom. The van der Waals surface area contributed by atoms with E-state index in [4.69, 9.17) is 11.6 Å². The smallest absolute Gasteiger partial charge is 0.322 e. The van der Waals surface area contributed by atoms with Crippen molar-refractivity contribution in [3.05, 3.63) is 70.5 Å². The summed E-state index contributed by atoms with van der Waals surface area (Å²) in [6.07, 6.45) is 1.63. The minimum Gasteiger partial charge on any atom is -0.323 e. The van der Waals surface area contributed by atoms with Crippen LogP contribution in [0.4, 0.5) is 9.18 Å². The van der Waals surface area contributed by atoms with Crippen molar-refractivity contribution < 1.29 is 14.0 Å². The molecule has 0 aromatic heterocycles. The molecule has 0 spiro atoms. The Bertz CT molecular complexity index is 930. The van der Waals surface area contributed by atoms with Gasteiger partial charge in [-0.1, -0.05) is 41.9 Å². The van der Waals surface area contributed by atoms with Gasteiger partial charge in [0.25, 0.3) is 5.91 Å². The first kappa shape index (κ1) is 19.9. The van der Waals surface area contributed by atoms with Gasteiger partial charge >= 0.3 is 6.03 Å². The standard InChI is InChI=1S/C22H23ClFN3O2/c23-18-6-3-4-15(12-18)14-27-10-8-17(9-11-27)22(20(28)25-21(29)26-22)13-16-5-1-2-7-19(16)24/h1-7,12,17H,8-11,13-14H2,(H2,25,26,28,29). The molecule has 5 nitrogen and oxygen atoms in total. The molecule has 1 atom stereocenters. The molecule has 2 aliphatic heterocycles. The fraction of sp³-hybridized carbons (Fsp3) is 0.364. The van der Waals surface area contributed by atoms with Crippen LogP contribution < -0.4 is 10.6 Å². The Morgan fingerprint density at radius 3 is 2.52 bits per heavy atom. The number of carbonyl (C=O) groups excluding carboxylic acids is 2. The quantitative estimate of drug-likeness (QED) is 0.734. The molecular weight excluding hydrogens is 393 g/mol. The third-order valence-corrected chi connectivity index (χ3v) is 6.21. The highest BCUT2D eigenvalue weighted by Crippen LogP contribution is 2.35. The summed E-state index contributed by atoms with van der Waals surface area (Å²) in [5.41, 5.74) is 0.469. The Balaban J connectivity index is 1.49. The van der Waals surface area contributed by atoms with Gasteiger partial charge in [-0.15, -0.1) is 0 Å². The third-order valence-electron chi connectivity index (χ3n) is 5.98. The zero-order chi connectivity index (χ0) is 20.4. The lowest BCUT2D eigenvalue weighted by Gasteiger charge is -2.40. The highest BCUT2D eigenvalue weighted by Gasteiger charge is 2.52. The molecule has 2 aromatic carbocycles. The van der Waals surface area contributed by atoms with E-state index in [2.05, 4.69) is 15.5 Å². The lowest BCUT2D eigenvalue weighted by Crippen LogP contribution is -2.57. The van der Waals surface area contributed by atoms with E-state index >= 15 is 0 Å². The van der Waals surface area contributed by atoms with Crippen molar-refractivity contribution >= 4 is 23.5 Å². The van der Waals surface area contributed by atoms with E-state index in [0.717, 1.165) is 38.0 Å². The van der Waals surface area contributed by atoms with Crippen LogP contribution in [0.1, 0.15) is 24.0 Å². The zero-order valence-corrected chi connectivity index (χ0v) is 16.7. The molecule has 2 aliphatic rings. The normalized spacial score (nSPS) is 23.1. The number of nitrogens with zero attached hydrogens (tertiary/aromatic N) is 1. The number of piperidine rings is 1. The van der Waals surface area contributed by atoms with Crippen LogP contribution in [0.5, 0.6) is 0 Å². The predicted molar refractivity (Wildman–Crippen MR) is 109 cm³/mol. The van der Waals surface area contributed by atoms with E-state index in [1.807, 2.05) is 24.3 Å². The summed E-state index contributed by atoms with van der Waals surface area (Å²) in [4.78, 5) is 27.1. The van der Waals surface area contributed by atoms with Crippen LogP contribution in [-0.4, -0.2) is 35.5 Å². The van der Waals surface area contributed by atoms with Gasteiger partial charge in [-0.2, -0.15) is 0 Å². The highest BCUT2D eigenvalue weighted by molar-refractivity contribution is 6.30. The zero-order valence-electron chi connectivity index (χ0n) is 16.0. The van der Waals surface area contributed by atoms with E-state index in [1.54, 1.807) is 18.2 Å². The largest absolute Gasteiger partial charge is 0.323 e. The maximum absolute atomic E-state index is 14.3. The second kappa shape index (κ2) is 8.13. The van der Waals surface area contributed by atoms with Crippen molar-refractivity contribution in [3.8, 4) is 0 Å². The summed E-state index contributed by atoms with van der Waals surface area (Å²) in [6, 6.07) is 13.7. The van der Waals surface area contributed by atoms with Crippen LogP contribution in [0.15, 0.2) is 48.5 Å². The molecule has 2 saturated heterocycles. The fourth-order valence-corrected chi connectivity index (χ4v) is 4.69. The van der Waals surface area contributed by atoms with Crippen molar-refractivity contribution in [2.75, 3.05) is 13.1 Å². The van der Waals surface area contributed by atoms with E-state index < -0.39 is 11.6 Å². The van der Waals surface area contributed by atoms with Crippen molar-refractivity contribution in [2.45, 2.75) is 31.3 Å². The Labute approximate surface area is 174 Å². The average molecular weight is 416 g/mol. The molecule has 0 saturated carbocycles. The minimum atomic E-state index is -1.11. The monoisotopic (exact) mass is 415 g/mol. The van der Waals surface area contributed by atoms with Crippen LogP contribution in [-0.2, 0) is 17.8 Å². The summed E-state index contributed by atoms with van der Waals surface area (Å²) in [5, 5.41) is 5.91. The van der Waals surface area contributed by atoms with Crippen molar-refractivity contribution in [2.24, 2.45) is 5.92 Å². The Kier molecular flexibility index (Phi) is 5.56. The maximum atomic E-state index is 14.3. The molecule has 29 heavy (non-hydrogen) atoms. The van der Waals surface area contributed by atoms with Crippen LogP contribution >= 0.6 is 11.6 Å². The molecule has 2 fully saturated rings. The summed E-state index contributed by atoms with van der Waals surface area (Å²) in [6.45, 7) is 2.37.